The van der Waals surface area contributed by atoms with Gasteiger partial charge in [-0.1, -0.05) is 31.2 Å². The molecule has 0 aliphatic carbocycles. The van der Waals surface area contributed by atoms with Crippen molar-refractivity contribution in [1.82, 2.24) is 10.2 Å². The van der Waals surface area contributed by atoms with Gasteiger partial charge in [-0.15, -0.1) is 12.4 Å². The number of esters is 1. The number of nitrogens with one attached hydrogen (secondary N) is 1. The topological polar surface area (TPSA) is 93.9 Å². The van der Waals surface area contributed by atoms with Gasteiger partial charge in [-0.05, 0) is 85.2 Å². The summed E-state index contributed by atoms with van der Waals surface area (Å²) in [5.41, 5.74) is 10.5. The predicted molar refractivity (Wildman–Crippen MR) is 169 cm³/mol. The lowest BCUT2D eigenvalue weighted by Gasteiger charge is -2.26. The Labute approximate surface area is 264 Å². The van der Waals surface area contributed by atoms with Crippen molar-refractivity contribution < 1.29 is 27.8 Å². The van der Waals surface area contributed by atoms with E-state index in [-0.39, 0.29) is 42.9 Å². The molecule has 0 saturated carbocycles. The minimum atomic E-state index is -0.822. The molecule has 1 heterocycles. The average Bonchev–Trinajstić information content (AvgIpc) is 3.43. The number of hydrogen-bond donors (Lipinski definition) is 2. The molecule has 44 heavy (non-hydrogen) atoms. The van der Waals surface area contributed by atoms with Crippen LogP contribution in [0.3, 0.4) is 0 Å². The van der Waals surface area contributed by atoms with Gasteiger partial charge in [-0.3, -0.25) is 4.79 Å². The molecule has 7 nitrogen and oxygen atoms in total. The van der Waals surface area contributed by atoms with E-state index in [1.807, 2.05) is 19.1 Å². The quantitative estimate of drug-likeness (QED) is 0.246. The molecule has 1 aliphatic rings. The number of amides is 1. The lowest BCUT2D eigenvalue weighted by molar-refractivity contribution is 0.0238. The van der Waals surface area contributed by atoms with Gasteiger partial charge >= 0.3 is 5.97 Å². The third-order valence-corrected chi connectivity index (χ3v) is 7.76. The van der Waals surface area contributed by atoms with E-state index < -0.39 is 29.7 Å². The van der Waals surface area contributed by atoms with Gasteiger partial charge in [-0.2, -0.15) is 0 Å². The van der Waals surface area contributed by atoms with Gasteiger partial charge < -0.3 is 25.4 Å². The highest BCUT2D eigenvalue weighted by Crippen LogP contribution is 2.22. The predicted octanol–water partition coefficient (Wildman–Crippen LogP) is 5.39. The van der Waals surface area contributed by atoms with Crippen molar-refractivity contribution in [2.75, 3.05) is 26.8 Å². The first-order valence-electron chi connectivity index (χ1n) is 14.8. The maximum atomic E-state index is 13.9. The van der Waals surface area contributed by atoms with E-state index >= 15 is 0 Å². The van der Waals surface area contributed by atoms with Gasteiger partial charge in [0.2, 0.25) is 0 Å². The van der Waals surface area contributed by atoms with Crippen LogP contribution in [0.4, 0.5) is 8.78 Å². The number of benzene rings is 3. The summed E-state index contributed by atoms with van der Waals surface area (Å²) in [5, 5.41) is 3.32. The largest absolute Gasteiger partial charge is 0.456 e. The van der Waals surface area contributed by atoms with E-state index in [9.17, 15) is 18.4 Å². The molecule has 3 aromatic rings. The molecule has 1 amide bonds. The molecule has 0 radical (unpaired) electrons. The number of carbonyl (C=O) groups excluding carboxylic acids is 2. The molecule has 0 bridgehead atoms. The Morgan fingerprint density at radius 2 is 1.73 bits per heavy atom. The number of hydrogen-bond acceptors (Lipinski definition) is 6. The second-order valence-electron chi connectivity index (χ2n) is 11.2. The molecule has 0 aromatic heterocycles. The zero-order valence-electron chi connectivity index (χ0n) is 25.5. The van der Waals surface area contributed by atoms with Gasteiger partial charge in [0.15, 0.2) is 0 Å². The summed E-state index contributed by atoms with van der Waals surface area (Å²) in [6.45, 7) is 5.72. The third-order valence-electron chi connectivity index (χ3n) is 7.76. The Balaban J connectivity index is 0.00000529. The van der Waals surface area contributed by atoms with Gasteiger partial charge in [-0.25, -0.2) is 13.6 Å². The average molecular weight is 630 g/mol. The molecule has 10 heteroatoms. The van der Waals surface area contributed by atoms with Crippen LogP contribution in [-0.4, -0.2) is 61.8 Å². The molecule has 238 valence electrons. The number of halogens is 3. The van der Waals surface area contributed by atoms with Crippen LogP contribution in [0.1, 0.15) is 62.7 Å². The summed E-state index contributed by atoms with van der Waals surface area (Å²) in [6.07, 6.45) is 1.94. The summed E-state index contributed by atoms with van der Waals surface area (Å²) in [4.78, 5) is 28.7. The van der Waals surface area contributed by atoms with Crippen LogP contribution < -0.4 is 11.1 Å². The monoisotopic (exact) mass is 629 g/mol. The van der Waals surface area contributed by atoms with Crippen molar-refractivity contribution in [3.05, 3.63) is 106 Å². The van der Waals surface area contributed by atoms with E-state index in [0.29, 0.717) is 30.8 Å². The molecular weight excluding hydrogens is 588 g/mol. The van der Waals surface area contributed by atoms with Crippen molar-refractivity contribution in [3.8, 4) is 0 Å². The van der Waals surface area contributed by atoms with Crippen molar-refractivity contribution in [3.63, 3.8) is 0 Å². The highest BCUT2D eigenvalue weighted by molar-refractivity contribution is 5.98. The molecular formula is C34H42ClF2N3O4. The van der Waals surface area contributed by atoms with Crippen molar-refractivity contribution in [2.45, 2.75) is 64.3 Å². The lowest BCUT2D eigenvalue weighted by Crippen LogP contribution is -2.46. The van der Waals surface area contributed by atoms with Gasteiger partial charge in [0, 0.05) is 44.4 Å². The smallest absolute Gasteiger partial charge is 0.338 e. The first kappa shape index (κ1) is 35.1. The first-order valence-corrected chi connectivity index (χ1v) is 14.8. The number of aryl methyl sites for hydroxylation is 2. The molecule has 0 unspecified atom stereocenters. The molecule has 1 fully saturated rings. The van der Waals surface area contributed by atoms with Crippen LogP contribution in [0.2, 0.25) is 0 Å². The SMILES string of the molecule is CCc1cccc(CNC[C@@H](OC(=O)c2cc(C)cc(C(=O)N3CCC[C@H]3COC)c2)[C@@H](N)Cc2cc(F)cc(F)c2)c1.Cl. The summed E-state index contributed by atoms with van der Waals surface area (Å²) in [6, 6.07) is 15.6. The Morgan fingerprint density at radius 1 is 1.02 bits per heavy atom. The number of nitrogens with two attached hydrogens (primary N) is 1. The van der Waals surface area contributed by atoms with E-state index in [1.165, 1.54) is 17.7 Å². The van der Waals surface area contributed by atoms with E-state index in [1.54, 1.807) is 30.2 Å². The normalized spacial score (nSPS) is 15.9. The molecule has 1 saturated heterocycles. The lowest BCUT2D eigenvalue weighted by atomic mass is 10.0. The van der Waals surface area contributed by atoms with E-state index in [4.69, 9.17) is 15.2 Å². The van der Waals surface area contributed by atoms with Crippen LogP contribution >= 0.6 is 12.4 Å². The van der Waals surface area contributed by atoms with Crippen LogP contribution in [0.5, 0.6) is 0 Å². The maximum Gasteiger partial charge on any atom is 0.338 e. The Bertz CT molecular complexity index is 1400. The number of methoxy groups -OCH3 is 1. The first-order chi connectivity index (χ1) is 20.7. The van der Waals surface area contributed by atoms with Crippen LogP contribution in [0.25, 0.3) is 0 Å². The highest BCUT2D eigenvalue weighted by Gasteiger charge is 2.30. The summed E-state index contributed by atoms with van der Waals surface area (Å²) < 4.78 is 39.0. The summed E-state index contributed by atoms with van der Waals surface area (Å²) in [5.74, 6) is -2.19. The molecule has 3 N–H and O–H groups in total. The van der Waals surface area contributed by atoms with Crippen LogP contribution in [-0.2, 0) is 28.9 Å². The molecule has 3 atom stereocenters. The fourth-order valence-electron chi connectivity index (χ4n) is 5.60. The summed E-state index contributed by atoms with van der Waals surface area (Å²) in [7, 11) is 1.62. The van der Waals surface area contributed by atoms with Gasteiger partial charge in [0.25, 0.3) is 5.91 Å². The number of nitrogens with zero attached hydrogens (tertiary/aromatic N) is 1. The number of ether oxygens (including phenoxy) is 2. The molecule has 0 spiro atoms. The minimum Gasteiger partial charge on any atom is -0.456 e. The second kappa shape index (κ2) is 16.6. The molecule has 3 aromatic carbocycles. The Hall–Kier alpha value is -3.37. The second-order valence-corrected chi connectivity index (χ2v) is 11.2. The number of likely N-dealkylation sites (tertiary alicyclic amines) is 1. The van der Waals surface area contributed by atoms with Crippen LogP contribution in [0.15, 0.2) is 60.7 Å². The maximum absolute atomic E-state index is 13.9. The highest BCUT2D eigenvalue weighted by atomic mass is 35.5. The van der Waals surface area contributed by atoms with Crippen LogP contribution in [0, 0.1) is 18.6 Å². The standard InChI is InChI=1S/C34H41F2N3O4.ClH/c1-4-23-7-5-8-24(13-23)19-38-20-32(31(37)16-25-14-28(35)18-29(36)15-25)43-34(41)27-12-22(2)11-26(17-27)33(40)39-10-6-9-30(39)21-42-3;/h5,7-8,11-15,17-18,30-32,38H,4,6,9-10,16,19-21,37H2,1-3H3;1H/t30-,31-,32+;/m0./s1. The Kier molecular flexibility index (Phi) is 13.3. The fraction of sp³-hybridized carbons (Fsp3) is 0.412. The summed E-state index contributed by atoms with van der Waals surface area (Å²) >= 11 is 0. The third kappa shape index (κ3) is 9.56. The van der Waals surface area contributed by atoms with Crippen molar-refractivity contribution >= 4 is 24.3 Å². The minimum absolute atomic E-state index is 0. The number of rotatable bonds is 13. The Morgan fingerprint density at radius 3 is 2.43 bits per heavy atom. The zero-order chi connectivity index (χ0) is 30.9. The molecule has 1 aliphatic heterocycles. The fourth-order valence-corrected chi connectivity index (χ4v) is 5.60. The van der Waals surface area contributed by atoms with Crippen molar-refractivity contribution in [1.29, 1.82) is 0 Å². The number of carbonyl (C=O) groups is 2. The van der Waals surface area contributed by atoms with Crippen molar-refractivity contribution in [2.24, 2.45) is 5.73 Å². The van der Waals surface area contributed by atoms with E-state index in [2.05, 4.69) is 24.4 Å². The zero-order valence-corrected chi connectivity index (χ0v) is 26.3. The van der Waals surface area contributed by atoms with Gasteiger partial charge in [0.05, 0.1) is 18.2 Å². The van der Waals surface area contributed by atoms with E-state index in [0.717, 1.165) is 36.5 Å². The van der Waals surface area contributed by atoms with Gasteiger partial charge in [0.1, 0.15) is 17.7 Å². The molecule has 4 rings (SSSR count).